The fourth-order valence-corrected chi connectivity index (χ4v) is 3.97. The number of benzene rings is 1. The number of rotatable bonds is 7. The molecule has 1 aromatic rings. The van der Waals surface area contributed by atoms with E-state index >= 15 is 0 Å². The van der Waals surface area contributed by atoms with Crippen LogP contribution in [0.15, 0.2) is 17.0 Å². The van der Waals surface area contributed by atoms with Crippen molar-refractivity contribution in [1.82, 2.24) is 9.62 Å². The van der Waals surface area contributed by atoms with Gasteiger partial charge in [0.25, 0.3) is 0 Å². The number of hydrogen-bond donors (Lipinski definition) is 1. The third kappa shape index (κ3) is 4.53. The summed E-state index contributed by atoms with van der Waals surface area (Å²) in [5.74, 6) is 0.303. The summed E-state index contributed by atoms with van der Waals surface area (Å²) in [5.41, 5.74) is 2.97. The zero-order chi connectivity index (χ0) is 16.2. The Labute approximate surface area is 129 Å². The molecule has 0 saturated carbocycles. The smallest absolute Gasteiger partial charge is 0.243 e. The van der Waals surface area contributed by atoms with Gasteiger partial charge in [-0.15, -0.1) is 0 Å². The lowest BCUT2D eigenvalue weighted by Crippen LogP contribution is -2.31. The van der Waals surface area contributed by atoms with Crippen LogP contribution in [0.2, 0.25) is 0 Å². The van der Waals surface area contributed by atoms with Gasteiger partial charge in [-0.05, 0) is 49.1 Å². The van der Waals surface area contributed by atoms with Gasteiger partial charge in [0.1, 0.15) is 0 Å². The van der Waals surface area contributed by atoms with E-state index in [1.807, 2.05) is 46.8 Å². The molecule has 4 nitrogen and oxygen atoms in total. The Morgan fingerprint density at radius 1 is 1.19 bits per heavy atom. The Morgan fingerprint density at radius 3 is 2.33 bits per heavy atom. The quantitative estimate of drug-likeness (QED) is 0.842. The minimum atomic E-state index is -3.42. The van der Waals surface area contributed by atoms with Crippen molar-refractivity contribution >= 4 is 10.0 Å². The van der Waals surface area contributed by atoms with Gasteiger partial charge in [0, 0.05) is 20.1 Å². The molecule has 0 spiro atoms. The molecule has 0 bridgehead atoms. The number of aryl methyl sites for hydroxylation is 2. The van der Waals surface area contributed by atoms with Crippen LogP contribution in [0, 0.1) is 19.8 Å². The molecule has 0 aromatic heterocycles. The summed E-state index contributed by atoms with van der Waals surface area (Å²) in [6.07, 6.45) is 0. The summed E-state index contributed by atoms with van der Waals surface area (Å²) in [7, 11) is -1.77. The maximum absolute atomic E-state index is 12.7. The molecule has 0 fully saturated rings. The number of nitrogens with zero attached hydrogens (tertiary/aromatic N) is 1. The van der Waals surface area contributed by atoms with Crippen molar-refractivity contribution < 1.29 is 8.42 Å². The SMILES string of the molecule is CCNCc1cc(S(=O)(=O)N(C)CC(C)C)c(C)cc1C. The molecule has 1 aromatic carbocycles. The Kier molecular flexibility index (Phi) is 6.38. The minimum absolute atomic E-state index is 0.303. The van der Waals surface area contributed by atoms with Crippen LogP contribution >= 0.6 is 0 Å². The first-order chi connectivity index (χ1) is 9.70. The van der Waals surface area contributed by atoms with Crippen molar-refractivity contribution in [2.24, 2.45) is 5.92 Å². The molecule has 0 saturated heterocycles. The molecule has 0 aliphatic carbocycles. The highest BCUT2D eigenvalue weighted by atomic mass is 32.2. The van der Waals surface area contributed by atoms with Crippen molar-refractivity contribution in [3.63, 3.8) is 0 Å². The van der Waals surface area contributed by atoms with Gasteiger partial charge in [-0.25, -0.2) is 12.7 Å². The molecule has 1 N–H and O–H groups in total. The molecular formula is C16H28N2O2S. The first kappa shape index (κ1) is 18.1. The van der Waals surface area contributed by atoms with E-state index in [4.69, 9.17) is 0 Å². The van der Waals surface area contributed by atoms with Crippen LogP contribution in [0.25, 0.3) is 0 Å². The summed E-state index contributed by atoms with van der Waals surface area (Å²) in [4.78, 5) is 0.421. The summed E-state index contributed by atoms with van der Waals surface area (Å²) >= 11 is 0. The van der Waals surface area contributed by atoms with Crippen molar-refractivity contribution in [2.75, 3.05) is 20.1 Å². The minimum Gasteiger partial charge on any atom is -0.313 e. The molecule has 0 aliphatic heterocycles. The molecule has 1 rings (SSSR count). The third-order valence-electron chi connectivity index (χ3n) is 3.51. The van der Waals surface area contributed by atoms with Crippen molar-refractivity contribution in [3.05, 3.63) is 28.8 Å². The van der Waals surface area contributed by atoms with Gasteiger partial charge in [-0.2, -0.15) is 0 Å². The summed E-state index contributed by atoms with van der Waals surface area (Å²) in [5, 5.41) is 3.26. The molecule has 120 valence electrons. The van der Waals surface area contributed by atoms with Crippen LogP contribution in [0.3, 0.4) is 0 Å². The highest BCUT2D eigenvalue weighted by molar-refractivity contribution is 7.89. The molecule has 0 radical (unpaired) electrons. The van der Waals surface area contributed by atoms with Gasteiger partial charge in [0.05, 0.1) is 4.90 Å². The van der Waals surface area contributed by atoms with E-state index in [0.29, 0.717) is 23.9 Å². The number of nitrogens with one attached hydrogen (secondary N) is 1. The summed E-state index contributed by atoms with van der Waals surface area (Å²) in [6.45, 7) is 12.0. The van der Waals surface area contributed by atoms with Crippen LogP contribution in [0.5, 0.6) is 0 Å². The Hall–Kier alpha value is -0.910. The molecule has 0 aliphatic rings. The first-order valence-corrected chi connectivity index (χ1v) is 8.91. The average Bonchev–Trinajstić information content (AvgIpc) is 2.36. The Bertz CT molecular complexity index is 580. The van der Waals surface area contributed by atoms with E-state index in [1.165, 1.54) is 4.31 Å². The monoisotopic (exact) mass is 312 g/mol. The van der Waals surface area contributed by atoms with Crippen LogP contribution < -0.4 is 5.32 Å². The van der Waals surface area contributed by atoms with E-state index in [-0.39, 0.29) is 0 Å². The fraction of sp³-hybridized carbons (Fsp3) is 0.625. The maximum Gasteiger partial charge on any atom is 0.243 e. The lowest BCUT2D eigenvalue weighted by Gasteiger charge is -2.21. The molecule has 0 atom stereocenters. The summed E-state index contributed by atoms with van der Waals surface area (Å²) in [6, 6.07) is 3.78. The Balaban J connectivity index is 3.22. The highest BCUT2D eigenvalue weighted by Gasteiger charge is 2.24. The van der Waals surface area contributed by atoms with Gasteiger partial charge in [0.2, 0.25) is 10.0 Å². The lowest BCUT2D eigenvalue weighted by molar-refractivity contribution is 0.417. The topological polar surface area (TPSA) is 49.4 Å². The van der Waals surface area contributed by atoms with Crippen molar-refractivity contribution in [1.29, 1.82) is 0 Å². The second kappa shape index (κ2) is 7.38. The molecule has 0 amide bonds. The van der Waals surface area contributed by atoms with Crippen LogP contribution in [0.1, 0.15) is 37.5 Å². The second-order valence-electron chi connectivity index (χ2n) is 6.00. The standard InChI is InChI=1S/C16H28N2O2S/c1-7-17-10-15-9-16(14(5)8-13(15)4)21(19,20)18(6)11-12(2)3/h8-9,12,17H,7,10-11H2,1-6H3. The van der Waals surface area contributed by atoms with E-state index < -0.39 is 10.0 Å². The first-order valence-electron chi connectivity index (χ1n) is 7.47. The van der Waals surface area contributed by atoms with E-state index in [9.17, 15) is 8.42 Å². The highest BCUT2D eigenvalue weighted by Crippen LogP contribution is 2.23. The molecule has 0 heterocycles. The molecule has 0 unspecified atom stereocenters. The van der Waals surface area contributed by atoms with E-state index in [1.54, 1.807) is 7.05 Å². The molecular weight excluding hydrogens is 284 g/mol. The largest absolute Gasteiger partial charge is 0.313 e. The van der Waals surface area contributed by atoms with Crippen LogP contribution in [-0.2, 0) is 16.6 Å². The Morgan fingerprint density at radius 2 is 1.81 bits per heavy atom. The molecule has 21 heavy (non-hydrogen) atoms. The van der Waals surface area contributed by atoms with Crippen molar-refractivity contribution in [3.8, 4) is 0 Å². The van der Waals surface area contributed by atoms with E-state index in [2.05, 4.69) is 5.32 Å². The lowest BCUT2D eigenvalue weighted by atomic mass is 10.1. The second-order valence-corrected chi connectivity index (χ2v) is 8.02. The third-order valence-corrected chi connectivity index (χ3v) is 5.47. The van der Waals surface area contributed by atoms with Crippen LogP contribution in [-0.4, -0.2) is 32.9 Å². The van der Waals surface area contributed by atoms with Gasteiger partial charge >= 0.3 is 0 Å². The van der Waals surface area contributed by atoms with Crippen molar-refractivity contribution in [2.45, 2.75) is 46.1 Å². The number of sulfonamides is 1. The zero-order valence-electron chi connectivity index (χ0n) is 14.0. The van der Waals surface area contributed by atoms with Gasteiger partial charge < -0.3 is 5.32 Å². The average molecular weight is 312 g/mol. The predicted molar refractivity (Wildman–Crippen MR) is 88.0 cm³/mol. The van der Waals surface area contributed by atoms with Gasteiger partial charge in [-0.1, -0.05) is 26.8 Å². The van der Waals surface area contributed by atoms with Crippen LogP contribution in [0.4, 0.5) is 0 Å². The maximum atomic E-state index is 12.7. The number of hydrogen-bond acceptors (Lipinski definition) is 3. The van der Waals surface area contributed by atoms with E-state index in [0.717, 1.165) is 23.2 Å². The fourth-order valence-electron chi connectivity index (χ4n) is 2.38. The zero-order valence-corrected chi connectivity index (χ0v) is 14.8. The van der Waals surface area contributed by atoms with Gasteiger partial charge in [0.15, 0.2) is 0 Å². The normalized spacial score (nSPS) is 12.4. The van der Waals surface area contributed by atoms with Gasteiger partial charge in [-0.3, -0.25) is 0 Å². The molecule has 5 heteroatoms. The predicted octanol–water partition coefficient (Wildman–Crippen LogP) is 2.69. The summed E-state index contributed by atoms with van der Waals surface area (Å²) < 4.78 is 26.9.